The highest BCUT2D eigenvalue weighted by molar-refractivity contribution is 5.89. The SMILES string of the molecule is CC(C)C1COC(=O)N1c1ccnc(N[C@@H](C)c2ccc(CN3CCCC(F)(F)C3)cc2)n1. The Balaban J connectivity index is 1.40. The van der Waals surface area contributed by atoms with Crippen LogP contribution in [0.1, 0.15) is 50.8 Å². The number of nitrogens with one attached hydrogen (secondary N) is 1. The lowest BCUT2D eigenvalue weighted by molar-refractivity contribution is -0.0661. The van der Waals surface area contributed by atoms with E-state index in [0.29, 0.717) is 37.9 Å². The molecule has 178 valence electrons. The smallest absolute Gasteiger partial charge is 0.415 e. The molecular weight excluding hydrogens is 428 g/mol. The van der Waals surface area contributed by atoms with Gasteiger partial charge in [0.2, 0.25) is 5.95 Å². The normalized spacial score (nSPS) is 21.8. The predicted octanol–water partition coefficient (Wildman–Crippen LogP) is 4.86. The van der Waals surface area contributed by atoms with Crippen molar-refractivity contribution >= 4 is 17.9 Å². The fourth-order valence-corrected chi connectivity index (χ4v) is 4.37. The molecule has 2 fully saturated rings. The van der Waals surface area contributed by atoms with Gasteiger partial charge in [-0.05, 0) is 43.0 Å². The molecule has 0 radical (unpaired) electrons. The van der Waals surface area contributed by atoms with Gasteiger partial charge in [-0.15, -0.1) is 0 Å². The van der Waals surface area contributed by atoms with Crippen molar-refractivity contribution in [2.45, 2.75) is 58.2 Å². The van der Waals surface area contributed by atoms with E-state index in [-0.39, 0.29) is 31.0 Å². The molecule has 1 unspecified atom stereocenters. The molecule has 2 saturated heterocycles. The van der Waals surface area contributed by atoms with E-state index >= 15 is 0 Å². The van der Waals surface area contributed by atoms with E-state index in [1.54, 1.807) is 17.2 Å². The highest BCUT2D eigenvalue weighted by Crippen LogP contribution is 2.28. The van der Waals surface area contributed by atoms with Gasteiger partial charge in [0, 0.05) is 19.2 Å². The quantitative estimate of drug-likeness (QED) is 0.638. The average Bonchev–Trinajstić information content (AvgIpc) is 3.15. The number of cyclic esters (lactones) is 1. The van der Waals surface area contributed by atoms with Gasteiger partial charge in [-0.1, -0.05) is 38.1 Å². The van der Waals surface area contributed by atoms with E-state index in [1.807, 2.05) is 49.9 Å². The third-order valence-corrected chi connectivity index (χ3v) is 6.27. The first kappa shape index (κ1) is 23.4. The zero-order valence-electron chi connectivity index (χ0n) is 19.3. The number of hydrogen-bond donors (Lipinski definition) is 1. The molecule has 1 N–H and O–H groups in total. The molecule has 0 spiro atoms. The van der Waals surface area contributed by atoms with Crippen molar-refractivity contribution in [3.8, 4) is 0 Å². The molecule has 1 amide bonds. The number of halogens is 2. The molecule has 2 atom stereocenters. The van der Waals surface area contributed by atoms with E-state index in [9.17, 15) is 13.6 Å². The van der Waals surface area contributed by atoms with E-state index in [1.165, 1.54) is 0 Å². The molecule has 33 heavy (non-hydrogen) atoms. The van der Waals surface area contributed by atoms with Crippen molar-refractivity contribution < 1.29 is 18.3 Å². The summed E-state index contributed by atoms with van der Waals surface area (Å²) in [5.74, 6) is -1.43. The van der Waals surface area contributed by atoms with Crippen LogP contribution >= 0.6 is 0 Å². The number of piperidine rings is 1. The summed E-state index contributed by atoms with van der Waals surface area (Å²) < 4.78 is 32.5. The minimum atomic E-state index is -2.59. The fraction of sp³-hybridized carbons (Fsp3) is 0.542. The minimum absolute atomic E-state index is 0.0219. The van der Waals surface area contributed by atoms with Gasteiger partial charge in [0.05, 0.1) is 18.6 Å². The Morgan fingerprint density at radius 1 is 1.21 bits per heavy atom. The van der Waals surface area contributed by atoms with Crippen LogP contribution in [0, 0.1) is 5.92 Å². The monoisotopic (exact) mass is 459 g/mol. The van der Waals surface area contributed by atoms with E-state index in [4.69, 9.17) is 4.74 Å². The second-order valence-electron chi connectivity index (χ2n) is 9.27. The lowest BCUT2D eigenvalue weighted by atomic mass is 10.0. The Kier molecular flexibility index (Phi) is 6.78. The van der Waals surface area contributed by atoms with Crippen LogP contribution in [0.15, 0.2) is 36.5 Å². The minimum Gasteiger partial charge on any atom is -0.447 e. The van der Waals surface area contributed by atoms with Crippen molar-refractivity contribution in [3.63, 3.8) is 0 Å². The molecule has 7 nitrogen and oxygen atoms in total. The largest absolute Gasteiger partial charge is 0.447 e. The molecule has 0 bridgehead atoms. The number of amides is 1. The molecule has 0 saturated carbocycles. The van der Waals surface area contributed by atoms with E-state index in [0.717, 1.165) is 11.1 Å². The maximum Gasteiger partial charge on any atom is 0.415 e. The van der Waals surface area contributed by atoms with E-state index < -0.39 is 12.0 Å². The zero-order chi connectivity index (χ0) is 23.6. The molecule has 2 aromatic rings. The average molecular weight is 460 g/mol. The van der Waals surface area contributed by atoms with Crippen molar-refractivity contribution in [1.29, 1.82) is 0 Å². The first-order chi connectivity index (χ1) is 15.7. The second kappa shape index (κ2) is 9.59. The highest BCUT2D eigenvalue weighted by atomic mass is 19.3. The number of aromatic nitrogens is 2. The van der Waals surface area contributed by atoms with Crippen LogP contribution in [0.3, 0.4) is 0 Å². The maximum atomic E-state index is 13.7. The summed E-state index contributed by atoms with van der Waals surface area (Å²) in [6, 6.07) is 9.49. The summed E-state index contributed by atoms with van der Waals surface area (Å²) >= 11 is 0. The Morgan fingerprint density at radius 3 is 2.67 bits per heavy atom. The third-order valence-electron chi connectivity index (χ3n) is 6.27. The first-order valence-electron chi connectivity index (χ1n) is 11.5. The number of alkyl halides is 2. The lowest BCUT2D eigenvalue weighted by Crippen LogP contribution is -2.41. The Bertz CT molecular complexity index is 970. The van der Waals surface area contributed by atoms with Gasteiger partial charge in [-0.25, -0.2) is 18.6 Å². The number of benzene rings is 1. The summed E-state index contributed by atoms with van der Waals surface area (Å²) in [5.41, 5.74) is 2.03. The predicted molar refractivity (Wildman–Crippen MR) is 122 cm³/mol. The van der Waals surface area contributed by atoms with Crippen LogP contribution in [0.5, 0.6) is 0 Å². The highest BCUT2D eigenvalue weighted by Gasteiger charge is 2.37. The molecule has 2 aliphatic heterocycles. The van der Waals surface area contributed by atoms with Crippen molar-refractivity contribution in [3.05, 3.63) is 47.7 Å². The number of ether oxygens (including phenoxy) is 1. The number of anilines is 2. The van der Waals surface area contributed by atoms with Crippen LogP contribution in [-0.4, -0.2) is 52.6 Å². The van der Waals surface area contributed by atoms with Gasteiger partial charge in [-0.3, -0.25) is 9.80 Å². The van der Waals surface area contributed by atoms with Crippen LogP contribution in [0.25, 0.3) is 0 Å². The maximum absolute atomic E-state index is 13.7. The van der Waals surface area contributed by atoms with Gasteiger partial charge in [0.1, 0.15) is 12.4 Å². The molecule has 1 aromatic heterocycles. The molecule has 9 heteroatoms. The van der Waals surface area contributed by atoms with Crippen LogP contribution in [0.2, 0.25) is 0 Å². The van der Waals surface area contributed by atoms with Crippen LogP contribution < -0.4 is 10.2 Å². The van der Waals surface area contributed by atoms with Gasteiger partial charge in [-0.2, -0.15) is 4.98 Å². The zero-order valence-corrected chi connectivity index (χ0v) is 19.3. The van der Waals surface area contributed by atoms with Gasteiger partial charge in [0.25, 0.3) is 5.92 Å². The summed E-state index contributed by atoms with van der Waals surface area (Å²) in [4.78, 5) is 24.5. The van der Waals surface area contributed by atoms with Gasteiger partial charge in [0.15, 0.2) is 0 Å². The van der Waals surface area contributed by atoms with Crippen molar-refractivity contribution in [1.82, 2.24) is 14.9 Å². The molecule has 2 aliphatic rings. The number of carbonyl (C=O) groups is 1. The molecule has 1 aromatic carbocycles. The Hall–Kier alpha value is -2.81. The number of hydrogen-bond acceptors (Lipinski definition) is 6. The summed E-state index contributed by atoms with van der Waals surface area (Å²) in [6.45, 7) is 7.48. The van der Waals surface area contributed by atoms with Crippen LogP contribution in [-0.2, 0) is 11.3 Å². The Labute approximate surface area is 193 Å². The number of carbonyl (C=O) groups excluding carboxylic acids is 1. The number of nitrogens with zero attached hydrogens (tertiary/aromatic N) is 4. The lowest BCUT2D eigenvalue weighted by Gasteiger charge is -2.32. The summed E-state index contributed by atoms with van der Waals surface area (Å²) in [7, 11) is 0. The molecule has 4 rings (SSSR count). The summed E-state index contributed by atoms with van der Waals surface area (Å²) in [6.07, 6.45) is 1.73. The molecule has 3 heterocycles. The van der Waals surface area contributed by atoms with Gasteiger partial charge < -0.3 is 10.1 Å². The standard InChI is InChI=1S/C24H31F2N5O2/c1-16(2)20-14-33-23(32)31(20)21-9-11-27-22(29-21)28-17(3)19-7-5-18(6-8-19)13-30-12-4-10-24(25,26)15-30/h5-9,11,16-17,20H,4,10,12-15H2,1-3H3,(H,27,28,29)/t17-,20?/m0/s1. The molecule has 0 aliphatic carbocycles. The van der Waals surface area contributed by atoms with Crippen molar-refractivity contribution in [2.75, 3.05) is 29.9 Å². The Morgan fingerprint density at radius 2 is 1.97 bits per heavy atom. The number of likely N-dealkylation sites (tertiary alicyclic amines) is 1. The number of rotatable bonds is 7. The third kappa shape index (κ3) is 5.58. The second-order valence-corrected chi connectivity index (χ2v) is 9.27. The topological polar surface area (TPSA) is 70.6 Å². The van der Waals surface area contributed by atoms with Crippen molar-refractivity contribution in [2.24, 2.45) is 5.92 Å². The first-order valence-corrected chi connectivity index (χ1v) is 11.5. The van der Waals surface area contributed by atoms with Crippen LogP contribution in [0.4, 0.5) is 25.3 Å². The fourth-order valence-electron chi connectivity index (χ4n) is 4.37. The van der Waals surface area contributed by atoms with E-state index in [2.05, 4.69) is 15.3 Å². The molecular formula is C24H31F2N5O2. The van der Waals surface area contributed by atoms with Gasteiger partial charge >= 0.3 is 6.09 Å². The summed E-state index contributed by atoms with van der Waals surface area (Å²) in [5, 5.41) is 3.28.